The molecule has 0 saturated heterocycles. The van der Waals surface area contributed by atoms with Crippen molar-refractivity contribution < 1.29 is 13.2 Å². The summed E-state index contributed by atoms with van der Waals surface area (Å²) in [5.74, 6) is 0.430. The third-order valence-corrected chi connectivity index (χ3v) is 3.18. The highest BCUT2D eigenvalue weighted by Gasteiger charge is 2.31. The Kier molecular flexibility index (Phi) is 3.63. The highest BCUT2D eigenvalue weighted by molar-refractivity contribution is 9.10. The van der Waals surface area contributed by atoms with Gasteiger partial charge in [0, 0.05) is 4.47 Å². The fourth-order valence-electron chi connectivity index (χ4n) is 1.42. The lowest BCUT2D eigenvalue weighted by Gasteiger charge is -2.12. The molecule has 1 aromatic carbocycles. The van der Waals surface area contributed by atoms with E-state index in [9.17, 15) is 13.2 Å². The molecule has 0 atom stereocenters. The fourth-order valence-corrected chi connectivity index (χ4v) is 2.04. The van der Waals surface area contributed by atoms with Gasteiger partial charge in [-0.2, -0.15) is 13.2 Å². The van der Waals surface area contributed by atoms with Crippen molar-refractivity contribution in [3.05, 3.63) is 40.4 Å². The predicted octanol–water partition coefficient (Wildman–Crippen LogP) is 3.79. The molecule has 96 valence electrons. The molecule has 3 nitrogen and oxygen atoms in total. The van der Waals surface area contributed by atoms with Crippen LogP contribution in [0.1, 0.15) is 11.4 Å². The van der Waals surface area contributed by atoms with E-state index < -0.39 is 11.7 Å². The van der Waals surface area contributed by atoms with Gasteiger partial charge in [-0.3, -0.25) is 4.57 Å². The van der Waals surface area contributed by atoms with Crippen LogP contribution in [0, 0.1) is 0 Å². The Balaban J connectivity index is 2.57. The fraction of sp³-hybridized carbons (Fsp3) is 0.200. The van der Waals surface area contributed by atoms with E-state index in [4.69, 9.17) is 11.6 Å². The highest BCUT2D eigenvalue weighted by Crippen LogP contribution is 2.33. The van der Waals surface area contributed by atoms with Gasteiger partial charge in [-0.25, -0.2) is 0 Å². The molecule has 1 aromatic heterocycles. The summed E-state index contributed by atoms with van der Waals surface area (Å²) < 4.78 is 39.8. The second-order valence-electron chi connectivity index (χ2n) is 3.41. The number of hydrogen-bond donors (Lipinski definition) is 0. The van der Waals surface area contributed by atoms with Crippen LogP contribution in [0.4, 0.5) is 13.2 Å². The summed E-state index contributed by atoms with van der Waals surface area (Å²) in [5.41, 5.74) is -0.444. The van der Waals surface area contributed by atoms with Gasteiger partial charge in [0.05, 0.1) is 17.1 Å². The van der Waals surface area contributed by atoms with Crippen molar-refractivity contribution in [2.24, 2.45) is 0 Å². The molecule has 0 N–H and O–H groups in total. The lowest BCUT2D eigenvalue weighted by atomic mass is 10.2. The summed E-state index contributed by atoms with van der Waals surface area (Å²) in [7, 11) is 0. The minimum atomic E-state index is -4.40. The Morgan fingerprint density at radius 3 is 2.67 bits per heavy atom. The standard InChI is InChI=1S/C10H6BrClF3N3/c11-7-2-1-6(10(13,14)15)3-8(7)18-5-16-17-9(18)4-12/h1-3,5H,4H2. The van der Waals surface area contributed by atoms with Gasteiger partial charge >= 0.3 is 6.18 Å². The molecule has 0 unspecified atom stereocenters. The molecular formula is C10H6BrClF3N3. The zero-order valence-corrected chi connectivity index (χ0v) is 11.1. The van der Waals surface area contributed by atoms with Crippen LogP contribution < -0.4 is 0 Å². The van der Waals surface area contributed by atoms with E-state index >= 15 is 0 Å². The predicted molar refractivity (Wildman–Crippen MR) is 63.6 cm³/mol. The quantitative estimate of drug-likeness (QED) is 0.779. The SMILES string of the molecule is FC(F)(F)c1ccc(Br)c(-n2cnnc2CCl)c1. The summed E-state index contributed by atoms with van der Waals surface area (Å²) in [4.78, 5) is 0. The van der Waals surface area contributed by atoms with Crippen LogP contribution in [-0.4, -0.2) is 14.8 Å². The first-order valence-electron chi connectivity index (χ1n) is 4.75. The Hall–Kier alpha value is -1.08. The maximum absolute atomic E-state index is 12.6. The van der Waals surface area contributed by atoms with Crippen molar-refractivity contribution in [2.45, 2.75) is 12.1 Å². The van der Waals surface area contributed by atoms with E-state index in [2.05, 4.69) is 26.1 Å². The first-order valence-corrected chi connectivity index (χ1v) is 6.08. The lowest BCUT2D eigenvalue weighted by Crippen LogP contribution is -2.07. The average Bonchev–Trinajstić information content (AvgIpc) is 2.76. The molecule has 18 heavy (non-hydrogen) atoms. The number of halogens is 5. The van der Waals surface area contributed by atoms with Crippen LogP contribution in [-0.2, 0) is 12.1 Å². The van der Waals surface area contributed by atoms with Gasteiger partial charge in [0.25, 0.3) is 0 Å². The monoisotopic (exact) mass is 339 g/mol. The van der Waals surface area contributed by atoms with Gasteiger partial charge in [0.2, 0.25) is 0 Å². The van der Waals surface area contributed by atoms with E-state index in [1.807, 2.05) is 0 Å². The summed E-state index contributed by atoms with van der Waals surface area (Å²) >= 11 is 8.84. The molecular weight excluding hydrogens is 334 g/mol. The number of rotatable bonds is 2. The first kappa shape index (κ1) is 13.4. The maximum Gasteiger partial charge on any atom is 0.416 e. The number of aromatic nitrogens is 3. The second-order valence-corrected chi connectivity index (χ2v) is 4.54. The van der Waals surface area contributed by atoms with E-state index in [0.29, 0.717) is 16.0 Å². The molecule has 0 spiro atoms. The van der Waals surface area contributed by atoms with Crippen LogP contribution in [0.15, 0.2) is 29.0 Å². The summed E-state index contributed by atoms with van der Waals surface area (Å²) in [5, 5.41) is 7.35. The number of benzene rings is 1. The molecule has 0 radical (unpaired) electrons. The van der Waals surface area contributed by atoms with Crippen LogP contribution in [0.3, 0.4) is 0 Å². The molecule has 1 heterocycles. The normalized spacial score (nSPS) is 11.8. The minimum Gasteiger partial charge on any atom is -0.283 e. The van der Waals surface area contributed by atoms with E-state index in [1.165, 1.54) is 17.0 Å². The Morgan fingerprint density at radius 2 is 2.06 bits per heavy atom. The van der Waals surface area contributed by atoms with E-state index in [0.717, 1.165) is 12.1 Å². The van der Waals surface area contributed by atoms with Gasteiger partial charge in [0.15, 0.2) is 5.82 Å². The highest BCUT2D eigenvalue weighted by atomic mass is 79.9. The molecule has 2 rings (SSSR count). The van der Waals surface area contributed by atoms with E-state index in [-0.39, 0.29) is 5.88 Å². The van der Waals surface area contributed by atoms with Crippen molar-refractivity contribution in [3.63, 3.8) is 0 Å². The van der Waals surface area contributed by atoms with Crippen molar-refractivity contribution >= 4 is 27.5 Å². The average molecular weight is 341 g/mol. The molecule has 0 fully saturated rings. The molecule has 8 heteroatoms. The Morgan fingerprint density at radius 1 is 1.33 bits per heavy atom. The number of hydrogen-bond acceptors (Lipinski definition) is 2. The van der Waals surface area contributed by atoms with Crippen molar-refractivity contribution in [3.8, 4) is 5.69 Å². The molecule has 0 aliphatic heterocycles. The lowest BCUT2D eigenvalue weighted by molar-refractivity contribution is -0.137. The van der Waals surface area contributed by atoms with Crippen molar-refractivity contribution in [1.82, 2.24) is 14.8 Å². The topological polar surface area (TPSA) is 30.7 Å². The van der Waals surface area contributed by atoms with Crippen LogP contribution in [0.5, 0.6) is 0 Å². The van der Waals surface area contributed by atoms with Crippen LogP contribution >= 0.6 is 27.5 Å². The molecule has 0 bridgehead atoms. The second kappa shape index (κ2) is 4.89. The largest absolute Gasteiger partial charge is 0.416 e. The molecule has 0 saturated carbocycles. The molecule has 0 aliphatic rings. The van der Waals surface area contributed by atoms with Gasteiger partial charge in [0.1, 0.15) is 6.33 Å². The molecule has 0 amide bonds. The molecule has 0 aliphatic carbocycles. The summed E-state index contributed by atoms with van der Waals surface area (Å²) in [6, 6.07) is 3.35. The third-order valence-electron chi connectivity index (χ3n) is 2.27. The first-order chi connectivity index (χ1) is 8.43. The third kappa shape index (κ3) is 2.51. The zero-order valence-electron chi connectivity index (χ0n) is 8.75. The number of alkyl halides is 4. The van der Waals surface area contributed by atoms with Gasteiger partial charge in [-0.1, -0.05) is 0 Å². The Bertz CT molecular complexity index is 568. The maximum atomic E-state index is 12.6. The summed E-state index contributed by atoms with van der Waals surface area (Å²) in [6.07, 6.45) is -3.08. The smallest absolute Gasteiger partial charge is 0.283 e. The van der Waals surface area contributed by atoms with Gasteiger partial charge in [-0.05, 0) is 34.1 Å². The minimum absolute atomic E-state index is 0.0582. The van der Waals surface area contributed by atoms with Crippen LogP contribution in [0.25, 0.3) is 5.69 Å². The summed E-state index contributed by atoms with van der Waals surface area (Å²) in [6.45, 7) is 0. The van der Waals surface area contributed by atoms with Gasteiger partial charge in [-0.15, -0.1) is 21.8 Å². The van der Waals surface area contributed by atoms with Gasteiger partial charge < -0.3 is 0 Å². The van der Waals surface area contributed by atoms with Crippen LogP contribution in [0.2, 0.25) is 0 Å². The van der Waals surface area contributed by atoms with E-state index in [1.54, 1.807) is 0 Å². The molecule has 2 aromatic rings. The zero-order chi connectivity index (χ0) is 13.3. The number of nitrogens with zero attached hydrogens (tertiary/aromatic N) is 3. The Labute approximate surface area is 114 Å². The van der Waals surface area contributed by atoms with Crippen molar-refractivity contribution in [1.29, 1.82) is 0 Å². The van der Waals surface area contributed by atoms with Crippen molar-refractivity contribution in [2.75, 3.05) is 0 Å².